The number of aromatic nitrogens is 1. The molecule has 1 saturated heterocycles. The van der Waals surface area contributed by atoms with E-state index in [1.807, 2.05) is 18.4 Å². The summed E-state index contributed by atoms with van der Waals surface area (Å²) >= 11 is 1.85. The first-order valence-corrected chi connectivity index (χ1v) is 6.93. The van der Waals surface area contributed by atoms with Crippen molar-refractivity contribution in [2.75, 3.05) is 40.8 Å². The van der Waals surface area contributed by atoms with Crippen LogP contribution in [0.4, 0.5) is 0 Å². The van der Waals surface area contributed by atoms with E-state index in [9.17, 15) is 0 Å². The fourth-order valence-corrected chi connectivity index (χ4v) is 3.43. The van der Waals surface area contributed by atoms with Gasteiger partial charge in [0.2, 0.25) is 0 Å². The normalized spacial score (nSPS) is 23.2. The first-order valence-electron chi connectivity index (χ1n) is 6.11. The van der Waals surface area contributed by atoms with Gasteiger partial charge in [-0.05, 0) is 28.1 Å². The summed E-state index contributed by atoms with van der Waals surface area (Å²) in [6.45, 7) is 6.40. The highest BCUT2D eigenvalue weighted by molar-refractivity contribution is 7.11. The van der Waals surface area contributed by atoms with Gasteiger partial charge in [0.1, 0.15) is 5.01 Å². The number of thiazole rings is 1. The molecule has 1 N–H and O–H groups in total. The molecular formula is C12H22N4S. The fraction of sp³-hybridized carbons (Fsp3) is 0.750. The quantitative estimate of drug-likeness (QED) is 0.875. The maximum Gasteiger partial charge on any atom is 0.112 e. The Kier molecular flexibility index (Phi) is 4.14. The molecule has 2 heterocycles. The minimum atomic E-state index is 0.461. The Morgan fingerprint density at radius 3 is 2.88 bits per heavy atom. The standard InChI is InChI=1S/C12H22N4S/c1-9-11(7-13-2)17-12(14-9)10-8-15(3)5-6-16(10)4/h10,13H,5-8H2,1-4H3. The number of hydrogen-bond donors (Lipinski definition) is 1. The highest BCUT2D eigenvalue weighted by Gasteiger charge is 2.26. The fourth-order valence-electron chi connectivity index (χ4n) is 2.19. The van der Waals surface area contributed by atoms with E-state index < -0.39 is 0 Å². The van der Waals surface area contributed by atoms with Crippen molar-refractivity contribution < 1.29 is 0 Å². The van der Waals surface area contributed by atoms with Gasteiger partial charge in [0, 0.05) is 31.1 Å². The van der Waals surface area contributed by atoms with Gasteiger partial charge in [-0.2, -0.15) is 0 Å². The van der Waals surface area contributed by atoms with Crippen molar-refractivity contribution in [3.05, 3.63) is 15.6 Å². The van der Waals surface area contributed by atoms with Gasteiger partial charge in [-0.25, -0.2) is 4.98 Å². The van der Waals surface area contributed by atoms with Crippen LogP contribution in [-0.2, 0) is 6.54 Å². The van der Waals surface area contributed by atoms with Crippen molar-refractivity contribution in [1.82, 2.24) is 20.1 Å². The van der Waals surface area contributed by atoms with E-state index in [0.717, 1.165) is 26.2 Å². The second kappa shape index (κ2) is 5.44. The molecule has 17 heavy (non-hydrogen) atoms. The molecule has 1 atom stereocenters. The zero-order valence-electron chi connectivity index (χ0n) is 11.2. The molecule has 1 aromatic rings. The second-order valence-corrected chi connectivity index (χ2v) is 5.96. The predicted octanol–water partition coefficient (Wildman–Crippen LogP) is 1.09. The molecule has 0 spiro atoms. The van der Waals surface area contributed by atoms with Gasteiger partial charge >= 0.3 is 0 Å². The molecule has 4 nitrogen and oxygen atoms in total. The summed E-state index contributed by atoms with van der Waals surface area (Å²) in [4.78, 5) is 10.9. The molecule has 96 valence electrons. The van der Waals surface area contributed by atoms with Crippen molar-refractivity contribution in [3.63, 3.8) is 0 Å². The zero-order chi connectivity index (χ0) is 12.4. The number of aryl methyl sites for hydroxylation is 1. The maximum atomic E-state index is 4.75. The lowest BCUT2D eigenvalue weighted by Crippen LogP contribution is -2.44. The Bertz CT molecular complexity index is 377. The number of nitrogens with one attached hydrogen (secondary N) is 1. The van der Waals surface area contributed by atoms with Gasteiger partial charge in [-0.15, -0.1) is 11.3 Å². The molecule has 0 aromatic carbocycles. The SMILES string of the molecule is CNCc1sc(C2CN(C)CCN2C)nc1C. The molecule has 1 aliphatic heterocycles. The van der Waals surface area contributed by atoms with E-state index in [1.165, 1.54) is 15.6 Å². The van der Waals surface area contributed by atoms with E-state index in [4.69, 9.17) is 4.98 Å². The topological polar surface area (TPSA) is 31.4 Å². The Morgan fingerprint density at radius 1 is 1.41 bits per heavy atom. The monoisotopic (exact) mass is 254 g/mol. The minimum absolute atomic E-state index is 0.461. The molecule has 1 aliphatic rings. The van der Waals surface area contributed by atoms with E-state index >= 15 is 0 Å². The lowest BCUT2D eigenvalue weighted by molar-refractivity contribution is 0.115. The van der Waals surface area contributed by atoms with Crippen LogP contribution in [0.2, 0.25) is 0 Å². The van der Waals surface area contributed by atoms with E-state index in [2.05, 4.69) is 36.1 Å². The summed E-state index contributed by atoms with van der Waals surface area (Å²) in [5.41, 5.74) is 1.18. The third-order valence-electron chi connectivity index (χ3n) is 3.38. The van der Waals surface area contributed by atoms with Crippen LogP contribution >= 0.6 is 11.3 Å². The summed E-state index contributed by atoms with van der Waals surface area (Å²) < 4.78 is 0. The molecule has 0 aliphatic carbocycles. The van der Waals surface area contributed by atoms with Crippen molar-refractivity contribution in [1.29, 1.82) is 0 Å². The maximum absolute atomic E-state index is 4.75. The average Bonchev–Trinajstić information content (AvgIpc) is 2.64. The number of likely N-dealkylation sites (N-methyl/N-ethyl adjacent to an activating group) is 2. The molecule has 1 unspecified atom stereocenters. The number of hydrogen-bond acceptors (Lipinski definition) is 5. The molecule has 1 fully saturated rings. The lowest BCUT2D eigenvalue weighted by Gasteiger charge is -2.36. The zero-order valence-corrected chi connectivity index (χ0v) is 12.0. The molecular weight excluding hydrogens is 232 g/mol. The smallest absolute Gasteiger partial charge is 0.112 e. The van der Waals surface area contributed by atoms with Gasteiger partial charge in [-0.1, -0.05) is 0 Å². The van der Waals surface area contributed by atoms with Crippen LogP contribution in [0.1, 0.15) is 21.6 Å². The van der Waals surface area contributed by atoms with E-state index in [-0.39, 0.29) is 0 Å². The highest BCUT2D eigenvalue weighted by Crippen LogP contribution is 2.29. The summed E-state index contributed by atoms with van der Waals surface area (Å²) in [7, 11) is 6.38. The highest BCUT2D eigenvalue weighted by atomic mass is 32.1. The third-order valence-corrected chi connectivity index (χ3v) is 4.64. The van der Waals surface area contributed by atoms with Crippen LogP contribution in [-0.4, -0.2) is 55.6 Å². The Balaban J connectivity index is 2.17. The Morgan fingerprint density at radius 2 is 2.18 bits per heavy atom. The molecule has 1 aromatic heterocycles. The van der Waals surface area contributed by atoms with Crippen LogP contribution in [0.25, 0.3) is 0 Å². The molecule has 0 saturated carbocycles. The first kappa shape index (κ1) is 13.0. The van der Waals surface area contributed by atoms with Crippen LogP contribution in [0.15, 0.2) is 0 Å². The average molecular weight is 254 g/mol. The molecule has 5 heteroatoms. The third kappa shape index (κ3) is 2.85. The van der Waals surface area contributed by atoms with Crippen LogP contribution in [0, 0.1) is 6.92 Å². The summed E-state index contributed by atoms with van der Waals surface area (Å²) in [6.07, 6.45) is 0. The lowest BCUT2D eigenvalue weighted by atomic mass is 10.2. The number of nitrogens with zero attached hydrogens (tertiary/aromatic N) is 3. The van der Waals surface area contributed by atoms with Gasteiger partial charge in [-0.3, -0.25) is 4.90 Å². The molecule has 2 rings (SSSR count). The van der Waals surface area contributed by atoms with Gasteiger partial charge in [0.05, 0.1) is 11.7 Å². The van der Waals surface area contributed by atoms with Crippen molar-refractivity contribution in [2.45, 2.75) is 19.5 Å². The molecule has 0 amide bonds. The predicted molar refractivity (Wildman–Crippen MR) is 72.5 cm³/mol. The summed E-state index contributed by atoms with van der Waals surface area (Å²) in [5.74, 6) is 0. The van der Waals surface area contributed by atoms with E-state index in [0.29, 0.717) is 6.04 Å². The van der Waals surface area contributed by atoms with Gasteiger partial charge < -0.3 is 10.2 Å². The Hall–Kier alpha value is -0.490. The van der Waals surface area contributed by atoms with Crippen molar-refractivity contribution >= 4 is 11.3 Å². The van der Waals surface area contributed by atoms with Crippen LogP contribution in [0.5, 0.6) is 0 Å². The summed E-state index contributed by atoms with van der Waals surface area (Å²) in [6, 6.07) is 0.461. The van der Waals surface area contributed by atoms with Crippen molar-refractivity contribution in [3.8, 4) is 0 Å². The minimum Gasteiger partial charge on any atom is -0.315 e. The van der Waals surface area contributed by atoms with Crippen LogP contribution < -0.4 is 5.32 Å². The van der Waals surface area contributed by atoms with Crippen LogP contribution in [0.3, 0.4) is 0 Å². The molecule has 0 radical (unpaired) electrons. The first-order chi connectivity index (χ1) is 8.11. The Labute approximate surface area is 108 Å². The summed E-state index contributed by atoms with van der Waals surface area (Å²) in [5, 5.41) is 4.47. The van der Waals surface area contributed by atoms with Crippen molar-refractivity contribution in [2.24, 2.45) is 0 Å². The van der Waals surface area contributed by atoms with E-state index in [1.54, 1.807) is 0 Å². The van der Waals surface area contributed by atoms with Gasteiger partial charge in [0.25, 0.3) is 0 Å². The largest absolute Gasteiger partial charge is 0.315 e. The van der Waals surface area contributed by atoms with Gasteiger partial charge in [0.15, 0.2) is 0 Å². The number of rotatable bonds is 3. The second-order valence-electron chi connectivity index (χ2n) is 4.85. The number of piperazine rings is 1. The molecule has 0 bridgehead atoms.